The third kappa shape index (κ3) is 15.8. The number of rotatable bonds is 9. The van der Waals surface area contributed by atoms with E-state index in [0.717, 1.165) is 26.0 Å². The van der Waals surface area contributed by atoms with Gasteiger partial charge >= 0.3 is 0 Å². The Morgan fingerprint density at radius 2 is 1.82 bits per heavy atom. The molecule has 0 aromatic heterocycles. The predicted molar refractivity (Wildman–Crippen MR) is 103 cm³/mol. The van der Waals surface area contributed by atoms with Gasteiger partial charge in [0.15, 0.2) is 5.96 Å². The number of ether oxygens (including phenoxy) is 1. The third-order valence-corrected chi connectivity index (χ3v) is 2.42. The SMILES string of the molecule is CCCCOCCNC(=NCC(=O)NC(C)(C)C)NCC.I. The van der Waals surface area contributed by atoms with E-state index in [9.17, 15) is 4.79 Å². The van der Waals surface area contributed by atoms with Gasteiger partial charge in [-0.15, -0.1) is 24.0 Å². The van der Waals surface area contributed by atoms with Gasteiger partial charge in [0.2, 0.25) is 5.91 Å². The first-order valence-electron chi connectivity index (χ1n) is 7.80. The standard InChI is InChI=1S/C15H32N4O2.HI/c1-6-8-10-21-11-9-17-14(16-7-2)18-12-13(20)19-15(3,4)5;/h6-12H2,1-5H3,(H,19,20)(H2,16,17,18);1H. The highest BCUT2D eigenvalue weighted by molar-refractivity contribution is 14.0. The molecule has 0 aliphatic carbocycles. The van der Waals surface area contributed by atoms with Gasteiger partial charge in [-0.3, -0.25) is 4.79 Å². The van der Waals surface area contributed by atoms with Crippen LogP contribution in [0.25, 0.3) is 0 Å². The van der Waals surface area contributed by atoms with E-state index in [4.69, 9.17) is 4.74 Å². The minimum Gasteiger partial charge on any atom is -0.380 e. The van der Waals surface area contributed by atoms with Crippen LogP contribution in [0, 0.1) is 0 Å². The summed E-state index contributed by atoms with van der Waals surface area (Å²) in [7, 11) is 0. The predicted octanol–water partition coefficient (Wildman–Crippen LogP) is 1.89. The number of halogens is 1. The number of nitrogens with zero attached hydrogens (tertiary/aromatic N) is 1. The van der Waals surface area contributed by atoms with Crippen molar-refractivity contribution in [3.63, 3.8) is 0 Å². The lowest BCUT2D eigenvalue weighted by atomic mass is 10.1. The molecule has 0 aliphatic heterocycles. The maximum atomic E-state index is 11.7. The van der Waals surface area contributed by atoms with Crippen molar-refractivity contribution in [3.05, 3.63) is 0 Å². The summed E-state index contributed by atoms with van der Waals surface area (Å²) in [6.07, 6.45) is 2.22. The van der Waals surface area contributed by atoms with Crippen LogP contribution in [0.1, 0.15) is 47.5 Å². The van der Waals surface area contributed by atoms with E-state index in [1.807, 2.05) is 27.7 Å². The molecule has 22 heavy (non-hydrogen) atoms. The molecule has 0 unspecified atom stereocenters. The topological polar surface area (TPSA) is 74.8 Å². The summed E-state index contributed by atoms with van der Waals surface area (Å²) in [5, 5.41) is 9.14. The molecule has 0 rings (SSSR count). The zero-order valence-electron chi connectivity index (χ0n) is 14.6. The van der Waals surface area contributed by atoms with Gasteiger partial charge in [-0.05, 0) is 34.1 Å². The van der Waals surface area contributed by atoms with Crippen molar-refractivity contribution in [2.75, 3.05) is 32.8 Å². The first kappa shape index (κ1) is 23.7. The van der Waals surface area contributed by atoms with E-state index in [1.54, 1.807) is 0 Å². The zero-order valence-corrected chi connectivity index (χ0v) is 17.0. The van der Waals surface area contributed by atoms with Crippen molar-refractivity contribution >= 4 is 35.8 Å². The molecule has 3 N–H and O–H groups in total. The minimum atomic E-state index is -0.231. The number of amides is 1. The zero-order chi connectivity index (χ0) is 16.1. The van der Waals surface area contributed by atoms with Gasteiger partial charge in [0.1, 0.15) is 6.54 Å². The van der Waals surface area contributed by atoms with Gasteiger partial charge in [-0.1, -0.05) is 13.3 Å². The highest BCUT2D eigenvalue weighted by Gasteiger charge is 2.13. The van der Waals surface area contributed by atoms with Crippen molar-refractivity contribution in [2.24, 2.45) is 4.99 Å². The fourth-order valence-corrected chi connectivity index (χ4v) is 1.54. The van der Waals surface area contributed by atoms with Crippen LogP contribution < -0.4 is 16.0 Å². The molecule has 0 spiro atoms. The van der Waals surface area contributed by atoms with Crippen LogP contribution in [0.2, 0.25) is 0 Å². The normalized spacial score (nSPS) is 11.6. The highest BCUT2D eigenvalue weighted by atomic mass is 127. The van der Waals surface area contributed by atoms with Gasteiger partial charge in [0.25, 0.3) is 0 Å². The molecule has 0 saturated carbocycles. The summed E-state index contributed by atoms with van der Waals surface area (Å²) in [5.41, 5.74) is -0.231. The lowest BCUT2D eigenvalue weighted by molar-refractivity contribution is -0.121. The molecule has 0 atom stereocenters. The van der Waals surface area contributed by atoms with E-state index in [2.05, 4.69) is 27.9 Å². The summed E-state index contributed by atoms with van der Waals surface area (Å²) >= 11 is 0. The average Bonchev–Trinajstić information content (AvgIpc) is 2.37. The minimum absolute atomic E-state index is 0. The van der Waals surface area contributed by atoms with Crippen molar-refractivity contribution in [1.82, 2.24) is 16.0 Å². The Hall–Kier alpha value is -0.570. The number of hydrogen-bond donors (Lipinski definition) is 3. The number of carbonyl (C=O) groups is 1. The fraction of sp³-hybridized carbons (Fsp3) is 0.867. The van der Waals surface area contributed by atoms with Crippen LogP contribution in [0.3, 0.4) is 0 Å². The van der Waals surface area contributed by atoms with Crippen LogP contribution in [0.4, 0.5) is 0 Å². The van der Waals surface area contributed by atoms with Gasteiger partial charge < -0.3 is 20.7 Å². The Labute approximate surface area is 152 Å². The number of hydrogen-bond acceptors (Lipinski definition) is 3. The molecule has 1 amide bonds. The Bertz CT molecular complexity index is 317. The molecule has 6 nitrogen and oxygen atoms in total. The van der Waals surface area contributed by atoms with E-state index >= 15 is 0 Å². The summed E-state index contributed by atoms with van der Waals surface area (Å²) < 4.78 is 5.47. The molecule has 0 radical (unpaired) electrons. The van der Waals surface area contributed by atoms with E-state index in [-0.39, 0.29) is 42.0 Å². The van der Waals surface area contributed by atoms with Crippen LogP contribution >= 0.6 is 24.0 Å². The molecule has 7 heteroatoms. The molecule has 0 fully saturated rings. The van der Waals surface area contributed by atoms with Crippen molar-refractivity contribution < 1.29 is 9.53 Å². The highest BCUT2D eigenvalue weighted by Crippen LogP contribution is 1.97. The van der Waals surface area contributed by atoms with Crippen molar-refractivity contribution in [1.29, 1.82) is 0 Å². The van der Waals surface area contributed by atoms with Crippen LogP contribution in [-0.4, -0.2) is 50.3 Å². The maximum Gasteiger partial charge on any atom is 0.242 e. The first-order chi connectivity index (χ1) is 9.89. The smallest absolute Gasteiger partial charge is 0.242 e. The summed E-state index contributed by atoms with van der Waals surface area (Å²) in [5.74, 6) is 0.555. The number of unbranched alkanes of at least 4 members (excludes halogenated alkanes) is 1. The lowest BCUT2D eigenvalue weighted by Crippen LogP contribution is -2.43. The molecule has 0 bridgehead atoms. The maximum absolute atomic E-state index is 11.7. The summed E-state index contributed by atoms with van der Waals surface area (Å²) in [6, 6.07) is 0. The van der Waals surface area contributed by atoms with Crippen LogP contribution in [-0.2, 0) is 9.53 Å². The van der Waals surface area contributed by atoms with Gasteiger partial charge in [-0.25, -0.2) is 4.99 Å². The van der Waals surface area contributed by atoms with E-state index < -0.39 is 0 Å². The second-order valence-corrected chi connectivity index (χ2v) is 5.89. The summed E-state index contributed by atoms with van der Waals surface area (Å²) in [4.78, 5) is 16.0. The van der Waals surface area contributed by atoms with Crippen LogP contribution in [0.15, 0.2) is 4.99 Å². The number of guanidine groups is 1. The first-order valence-corrected chi connectivity index (χ1v) is 7.80. The molecule has 0 aliphatic rings. The van der Waals surface area contributed by atoms with Crippen molar-refractivity contribution in [3.8, 4) is 0 Å². The van der Waals surface area contributed by atoms with E-state index in [1.165, 1.54) is 0 Å². The Morgan fingerprint density at radius 1 is 1.14 bits per heavy atom. The summed E-state index contributed by atoms with van der Waals surface area (Å²) in [6.45, 7) is 13.0. The second kappa shape index (κ2) is 14.0. The number of carbonyl (C=O) groups excluding carboxylic acids is 1. The molecular weight excluding hydrogens is 395 g/mol. The van der Waals surface area contributed by atoms with Gasteiger partial charge in [0.05, 0.1) is 6.61 Å². The molecule has 0 saturated heterocycles. The average molecular weight is 428 g/mol. The lowest BCUT2D eigenvalue weighted by Gasteiger charge is -2.20. The molecule has 0 aromatic rings. The Morgan fingerprint density at radius 3 is 2.36 bits per heavy atom. The molecular formula is C15H33IN4O2. The third-order valence-electron chi connectivity index (χ3n) is 2.42. The Kier molecular flexibility index (Phi) is 15.1. The molecule has 0 aromatic carbocycles. The fourth-order valence-electron chi connectivity index (χ4n) is 1.54. The second-order valence-electron chi connectivity index (χ2n) is 5.89. The number of aliphatic imine (C=N–C) groups is 1. The number of nitrogens with one attached hydrogen (secondary N) is 3. The largest absolute Gasteiger partial charge is 0.380 e. The van der Waals surface area contributed by atoms with Gasteiger partial charge in [0, 0.05) is 25.2 Å². The van der Waals surface area contributed by atoms with E-state index in [0.29, 0.717) is 19.1 Å². The molecule has 0 heterocycles. The molecule has 132 valence electrons. The van der Waals surface area contributed by atoms with Gasteiger partial charge in [-0.2, -0.15) is 0 Å². The quantitative estimate of drug-likeness (QED) is 0.227. The Balaban J connectivity index is 0. The van der Waals surface area contributed by atoms with Crippen molar-refractivity contribution in [2.45, 2.75) is 53.0 Å². The van der Waals surface area contributed by atoms with Crippen LogP contribution in [0.5, 0.6) is 0 Å². The monoisotopic (exact) mass is 428 g/mol.